The second-order valence-electron chi connectivity index (χ2n) is 4.46. The highest BCUT2D eigenvalue weighted by Gasteiger charge is 2.08. The van der Waals surface area contributed by atoms with Crippen molar-refractivity contribution in [2.45, 2.75) is 13.3 Å². The van der Waals surface area contributed by atoms with Gasteiger partial charge in [0.2, 0.25) is 0 Å². The summed E-state index contributed by atoms with van der Waals surface area (Å²) in [4.78, 5) is 12.1. The van der Waals surface area contributed by atoms with Crippen LogP contribution in [0.3, 0.4) is 0 Å². The van der Waals surface area contributed by atoms with Crippen molar-refractivity contribution in [2.75, 3.05) is 11.9 Å². The number of hydrogen-bond donors (Lipinski definition) is 1. The lowest BCUT2D eigenvalue weighted by molar-refractivity contribution is 0.102. The Balaban J connectivity index is 2.10. The van der Waals surface area contributed by atoms with E-state index in [2.05, 4.69) is 21.2 Å². The van der Waals surface area contributed by atoms with E-state index < -0.39 is 5.82 Å². The van der Waals surface area contributed by atoms with Crippen LogP contribution < -0.4 is 10.1 Å². The van der Waals surface area contributed by atoms with Crippen molar-refractivity contribution in [3.63, 3.8) is 0 Å². The molecule has 0 aromatic heterocycles. The van der Waals surface area contributed by atoms with Crippen molar-refractivity contribution < 1.29 is 13.9 Å². The summed E-state index contributed by atoms with van der Waals surface area (Å²) in [6.45, 7) is 2.61. The Kier molecular flexibility index (Phi) is 5.33. The average molecular weight is 352 g/mol. The van der Waals surface area contributed by atoms with Crippen molar-refractivity contribution in [3.05, 3.63) is 58.3 Å². The van der Waals surface area contributed by atoms with Crippen LogP contribution in [0.4, 0.5) is 10.1 Å². The van der Waals surface area contributed by atoms with Gasteiger partial charge in [0.1, 0.15) is 11.6 Å². The maximum atomic E-state index is 13.4. The highest BCUT2D eigenvalue weighted by Crippen LogP contribution is 2.20. The van der Waals surface area contributed by atoms with Gasteiger partial charge in [0.05, 0.1) is 11.1 Å². The van der Waals surface area contributed by atoms with Gasteiger partial charge in [-0.05, 0) is 58.7 Å². The van der Waals surface area contributed by atoms with Crippen LogP contribution in [-0.4, -0.2) is 12.5 Å². The van der Waals surface area contributed by atoms with Gasteiger partial charge in [-0.3, -0.25) is 4.79 Å². The van der Waals surface area contributed by atoms with Gasteiger partial charge in [0, 0.05) is 11.3 Å². The maximum Gasteiger partial charge on any atom is 0.255 e. The van der Waals surface area contributed by atoms with E-state index in [4.69, 9.17) is 4.74 Å². The molecule has 0 aliphatic carbocycles. The predicted octanol–water partition coefficient (Wildman–Crippen LogP) is 4.63. The third-order valence-electron chi connectivity index (χ3n) is 2.75. The quantitative estimate of drug-likeness (QED) is 0.852. The Morgan fingerprint density at radius 3 is 2.81 bits per heavy atom. The number of carbonyl (C=O) groups is 1. The second kappa shape index (κ2) is 7.22. The summed E-state index contributed by atoms with van der Waals surface area (Å²) >= 11 is 3.07. The smallest absolute Gasteiger partial charge is 0.255 e. The van der Waals surface area contributed by atoms with Crippen molar-refractivity contribution in [1.82, 2.24) is 0 Å². The fourth-order valence-corrected chi connectivity index (χ4v) is 1.97. The molecular weight excluding hydrogens is 337 g/mol. The third-order valence-corrected chi connectivity index (χ3v) is 3.39. The van der Waals surface area contributed by atoms with E-state index in [-0.39, 0.29) is 5.91 Å². The Bertz CT molecular complexity index is 646. The Morgan fingerprint density at radius 1 is 1.29 bits per heavy atom. The van der Waals surface area contributed by atoms with Crippen LogP contribution in [-0.2, 0) is 0 Å². The Labute approximate surface area is 131 Å². The van der Waals surface area contributed by atoms with Crippen molar-refractivity contribution in [2.24, 2.45) is 0 Å². The van der Waals surface area contributed by atoms with E-state index in [0.717, 1.165) is 6.42 Å². The summed E-state index contributed by atoms with van der Waals surface area (Å²) in [5, 5.41) is 2.65. The number of ether oxygens (including phenoxy) is 1. The SMILES string of the molecule is CCCOc1cccc(C(=O)Nc2ccc(Br)c(F)c2)c1. The molecule has 0 radical (unpaired) electrons. The zero-order valence-electron chi connectivity index (χ0n) is 11.5. The van der Waals surface area contributed by atoms with Crippen molar-refractivity contribution >= 4 is 27.5 Å². The molecule has 0 spiro atoms. The first-order chi connectivity index (χ1) is 10.1. The molecule has 2 rings (SSSR count). The van der Waals surface area contributed by atoms with Gasteiger partial charge in [0.15, 0.2) is 0 Å². The molecule has 0 aliphatic rings. The molecule has 1 amide bonds. The van der Waals surface area contributed by atoms with E-state index in [1.165, 1.54) is 6.07 Å². The van der Waals surface area contributed by atoms with E-state index in [9.17, 15) is 9.18 Å². The van der Waals surface area contributed by atoms with Gasteiger partial charge in [-0.15, -0.1) is 0 Å². The standard InChI is InChI=1S/C16H15BrFNO2/c1-2-8-21-13-5-3-4-11(9-13)16(20)19-12-6-7-14(17)15(18)10-12/h3-7,9-10H,2,8H2,1H3,(H,19,20). The molecule has 5 heteroatoms. The molecule has 3 nitrogen and oxygen atoms in total. The third kappa shape index (κ3) is 4.29. The van der Waals surface area contributed by atoms with E-state index >= 15 is 0 Å². The topological polar surface area (TPSA) is 38.3 Å². The summed E-state index contributed by atoms with van der Waals surface area (Å²) in [7, 11) is 0. The highest BCUT2D eigenvalue weighted by atomic mass is 79.9. The number of amides is 1. The summed E-state index contributed by atoms with van der Waals surface area (Å²) in [6.07, 6.45) is 0.897. The van der Waals surface area contributed by atoms with Crippen LogP contribution in [0.1, 0.15) is 23.7 Å². The molecule has 0 unspecified atom stereocenters. The lowest BCUT2D eigenvalue weighted by atomic mass is 10.2. The van der Waals surface area contributed by atoms with Gasteiger partial charge < -0.3 is 10.1 Å². The van der Waals surface area contributed by atoms with Gasteiger partial charge in [-0.1, -0.05) is 13.0 Å². The van der Waals surface area contributed by atoms with Crippen LogP contribution in [0, 0.1) is 5.82 Å². The molecular formula is C16H15BrFNO2. The lowest BCUT2D eigenvalue weighted by Gasteiger charge is -2.08. The van der Waals surface area contributed by atoms with Crippen LogP contribution in [0.2, 0.25) is 0 Å². The second-order valence-corrected chi connectivity index (χ2v) is 5.31. The van der Waals surface area contributed by atoms with Gasteiger partial charge in [-0.2, -0.15) is 0 Å². The van der Waals surface area contributed by atoms with Crippen LogP contribution >= 0.6 is 15.9 Å². The zero-order chi connectivity index (χ0) is 15.2. The molecule has 0 bridgehead atoms. The minimum atomic E-state index is -0.423. The molecule has 1 N–H and O–H groups in total. The molecule has 110 valence electrons. The van der Waals surface area contributed by atoms with Crippen LogP contribution in [0.15, 0.2) is 46.9 Å². The first-order valence-corrected chi connectivity index (χ1v) is 7.38. The fraction of sp³-hybridized carbons (Fsp3) is 0.188. The van der Waals surface area contributed by atoms with Crippen molar-refractivity contribution in [1.29, 1.82) is 0 Å². The number of benzene rings is 2. The number of anilines is 1. The summed E-state index contributed by atoms with van der Waals surface area (Å²) < 4.78 is 19.3. The number of halogens is 2. The molecule has 0 saturated carbocycles. The lowest BCUT2D eigenvalue weighted by Crippen LogP contribution is -2.12. The molecule has 2 aromatic carbocycles. The molecule has 0 heterocycles. The first-order valence-electron chi connectivity index (χ1n) is 6.59. The molecule has 0 saturated heterocycles. The largest absolute Gasteiger partial charge is 0.494 e. The molecule has 0 fully saturated rings. The minimum Gasteiger partial charge on any atom is -0.494 e. The molecule has 2 aromatic rings. The summed E-state index contributed by atoms with van der Waals surface area (Å²) in [5.74, 6) is -0.0852. The number of nitrogens with one attached hydrogen (secondary N) is 1. The highest BCUT2D eigenvalue weighted by molar-refractivity contribution is 9.10. The zero-order valence-corrected chi connectivity index (χ0v) is 13.1. The Hall–Kier alpha value is -1.88. The number of hydrogen-bond acceptors (Lipinski definition) is 2. The Morgan fingerprint density at radius 2 is 2.10 bits per heavy atom. The van der Waals surface area contributed by atoms with E-state index in [1.54, 1.807) is 36.4 Å². The van der Waals surface area contributed by atoms with Crippen molar-refractivity contribution in [3.8, 4) is 5.75 Å². The maximum absolute atomic E-state index is 13.4. The summed E-state index contributed by atoms with van der Waals surface area (Å²) in [5.41, 5.74) is 0.868. The van der Waals surface area contributed by atoms with Gasteiger partial charge >= 0.3 is 0 Å². The number of rotatable bonds is 5. The fourth-order valence-electron chi connectivity index (χ4n) is 1.72. The minimum absolute atomic E-state index is 0.307. The number of carbonyl (C=O) groups excluding carboxylic acids is 1. The normalized spacial score (nSPS) is 10.2. The van der Waals surface area contributed by atoms with Crippen LogP contribution in [0.25, 0.3) is 0 Å². The molecule has 21 heavy (non-hydrogen) atoms. The average Bonchev–Trinajstić information content (AvgIpc) is 2.49. The molecule has 0 atom stereocenters. The van der Waals surface area contributed by atoms with Gasteiger partial charge in [-0.25, -0.2) is 4.39 Å². The van der Waals surface area contributed by atoms with E-state index in [0.29, 0.717) is 28.1 Å². The monoisotopic (exact) mass is 351 g/mol. The predicted molar refractivity (Wildman–Crippen MR) is 84.3 cm³/mol. The van der Waals surface area contributed by atoms with Gasteiger partial charge in [0.25, 0.3) is 5.91 Å². The van der Waals surface area contributed by atoms with E-state index in [1.807, 2.05) is 6.92 Å². The first kappa shape index (κ1) is 15.5. The van der Waals surface area contributed by atoms with Crippen LogP contribution in [0.5, 0.6) is 5.75 Å². The summed E-state index contributed by atoms with van der Waals surface area (Å²) in [6, 6.07) is 11.3. The molecule has 0 aliphatic heterocycles.